The zero-order valence-corrected chi connectivity index (χ0v) is 18.0. The second-order valence-corrected chi connectivity index (χ2v) is 7.67. The Kier molecular flexibility index (Phi) is 10.9. The number of ether oxygens (including phenoxy) is 3. The third kappa shape index (κ3) is 7.26. The highest BCUT2D eigenvalue weighted by molar-refractivity contribution is 5.94. The molecule has 3 atom stereocenters. The fourth-order valence-corrected chi connectivity index (χ4v) is 3.00. The van der Waals surface area contributed by atoms with Gasteiger partial charge in [-0.25, -0.2) is 9.98 Å². The maximum absolute atomic E-state index is 5.91. The largest absolute Gasteiger partial charge is 0.480 e. The van der Waals surface area contributed by atoms with Gasteiger partial charge in [0, 0.05) is 13.2 Å². The molecule has 0 saturated heterocycles. The summed E-state index contributed by atoms with van der Waals surface area (Å²) in [6.45, 7) is 17.8. The first-order valence-corrected chi connectivity index (χ1v) is 10.4. The predicted molar refractivity (Wildman–Crippen MR) is 109 cm³/mol. The van der Waals surface area contributed by atoms with Crippen molar-refractivity contribution in [1.29, 1.82) is 0 Å². The Labute approximate surface area is 160 Å². The van der Waals surface area contributed by atoms with E-state index < -0.39 is 0 Å². The Morgan fingerprint density at radius 1 is 0.923 bits per heavy atom. The molecule has 5 nitrogen and oxygen atoms in total. The highest BCUT2D eigenvalue weighted by Gasteiger charge is 2.33. The second-order valence-electron chi connectivity index (χ2n) is 7.67. The topological polar surface area (TPSA) is 52.4 Å². The van der Waals surface area contributed by atoms with Gasteiger partial charge in [0.1, 0.15) is 12.1 Å². The summed E-state index contributed by atoms with van der Waals surface area (Å²) in [6.07, 6.45) is 3.15. The van der Waals surface area contributed by atoms with Gasteiger partial charge in [-0.2, -0.15) is 0 Å². The Morgan fingerprint density at radius 3 is 2.12 bits per heavy atom. The molecule has 0 bridgehead atoms. The first-order chi connectivity index (χ1) is 12.4. The van der Waals surface area contributed by atoms with Crippen molar-refractivity contribution in [2.75, 3.05) is 26.4 Å². The lowest BCUT2D eigenvalue weighted by atomic mass is 9.89. The van der Waals surface area contributed by atoms with E-state index in [1.165, 1.54) is 0 Å². The smallest absolute Gasteiger partial charge is 0.210 e. The lowest BCUT2D eigenvalue weighted by Crippen LogP contribution is -2.39. The third-order valence-electron chi connectivity index (χ3n) is 4.75. The summed E-state index contributed by atoms with van der Waals surface area (Å²) in [5.74, 6) is 2.78. The zero-order chi connectivity index (χ0) is 19.5. The summed E-state index contributed by atoms with van der Waals surface area (Å²) in [5.41, 5.74) is 0. The van der Waals surface area contributed by atoms with Crippen molar-refractivity contribution in [1.82, 2.24) is 0 Å². The molecular formula is C21H40N2O3. The molecule has 1 aliphatic rings. The van der Waals surface area contributed by atoms with Gasteiger partial charge < -0.3 is 14.2 Å². The Bertz CT molecular complexity index is 447. The molecule has 1 heterocycles. The van der Waals surface area contributed by atoms with Crippen molar-refractivity contribution in [3.8, 4) is 0 Å². The van der Waals surface area contributed by atoms with Gasteiger partial charge in [0.05, 0.1) is 13.2 Å². The normalized spacial score (nSPS) is 21.6. The molecule has 0 aromatic carbocycles. The Balaban J connectivity index is 2.90. The SMILES string of the molecule is CCCCOC[C@@H](C[C@@H]1N=C(OCC)[C@@H](C(C)C)N=C1OCC)C(C)C. The summed E-state index contributed by atoms with van der Waals surface area (Å²) in [5, 5.41) is 0. The molecule has 0 spiro atoms. The molecule has 0 aromatic heterocycles. The molecule has 0 amide bonds. The molecule has 1 rings (SSSR count). The van der Waals surface area contributed by atoms with Gasteiger partial charge in [0.15, 0.2) is 0 Å². The van der Waals surface area contributed by atoms with E-state index in [9.17, 15) is 0 Å². The predicted octanol–water partition coefficient (Wildman–Crippen LogP) is 4.74. The van der Waals surface area contributed by atoms with E-state index >= 15 is 0 Å². The summed E-state index contributed by atoms with van der Waals surface area (Å²) >= 11 is 0. The van der Waals surface area contributed by atoms with E-state index in [2.05, 4.69) is 34.6 Å². The van der Waals surface area contributed by atoms with Gasteiger partial charge in [0.2, 0.25) is 11.8 Å². The van der Waals surface area contributed by atoms with Gasteiger partial charge >= 0.3 is 0 Å². The molecule has 0 unspecified atom stereocenters. The lowest BCUT2D eigenvalue weighted by Gasteiger charge is -2.31. The minimum absolute atomic E-state index is 0.0499. The third-order valence-corrected chi connectivity index (χ3v) is 4.75. The zero-order valence-electron chi connectivity index (χ0n) is 18.0. The van der Waals surface area contributed by atoms with Crippen LogP contribution in [-0.2, 0) is 14.2 Å². The molecule has 0 aliphatic carbocycles. The van der Waals surface area contributed by atoms with Crippen molar-refractivity contribution >= 4 is 11.8 Å². The van der Waals surface area contributed by atoms with Gasteiger partial charge in [-0.1, -0.05) is 41.0 Å². The molecular weight excluding hydrogens is 328 g/mol. The van der Waals surface area contributed by atoms with Crippen molar-refractivity contribution in [2.45, 2.75) is 79.8 Å². The minimum atomic E-state index is -0.0753. The van der Waals surface area contributed by atoms with Crippen LogP contribution >= 0.6 is 0 Å². The summed E-state index contributed by atoms with van der Waals surface area (Å²) < 4.78 is 17.6. The average Bonchev–Trinajstić information content (AvgIpc) is 2.59. The Morgan fingerprint density at radius 2 is 1.58 bits per heavy atom. The molecule has 152 valence electrons. The maximum atomic E-state index is 5.91. The molecule has 1 aliphatic heterocycles. The number of unbranched alkanes of at least 4 members (excludes halogenated alkanes) is 1. The van der Waals surface area contributed by atoms with Crippen molar-refractivity contribution < 1.29 is 14.2 Å². The number of nitrogens with zero attached hydrogens (tertiary/aromatic N) is 2. The van der Waals surface area contributed by atoms with Crippen LogP contribution in [0.5, 0.6) is 0 Å². The lowest BCUT2D eigenvalue weighted by molar-refractivity contribution is 0.0757. The van der Waals surface area contributed by atoms with Crippen molar-refractivity contribution in [3.05, 3.63) is 0 Å². The molecule has 5 heteroatoms. The second kappa shape index (κ2) is 12.3. The highest BCUT2D eigenvalue weighted by atomic mass is 16.5. The molecule has 0 aromatic rings. The number of rotatable bonds is 11. The molecule has 26 heavy (non-hydrogen) atoms. The molecule has 0 N–H and O–H groups in total. The molecule has 0 radical (unpaired) electrons. The highest BCUT2D eigenvalue weighted by Crippen LogP contribution is 2.25. The van der Waals surface area contributed by atoms with Crippen LogP contribution in [0.3, 0.4) is 0 Å². The van der Waals surface area contributed by atoms with Crippen molar-refractivity contribution in [3.63, 3.8) is 0 Å². The van der Waals surface area contributed by atoms with Crippen LogP contribution in [0.15, 0.2) is 9.98 Å². The fraction of sp³-hybridized carbons (Fsp3) is 0.905. The number of hydrogen-bond donors (Lipinski definition) is 0. The Hall–Kier alpha value is -1.10. The van der Waals surface area contributed by atoms with E-state index in [4.69, 9.17) is 24.2 Å². The van der Waals surface area contributed by atoms with E-state index in [1.807, 2.05) is 13.8 Å². The standard InChI is InChI=1S/C21H40N2O3/c1-8-11-12-24-14-17(15(4)5)13-18-20(25-9-2)23-19(16(6)7)21(22-18)26-10-3/h15-19H,8-14H2,1-7H3/t17-,18+,19-/m1/s1. The average molecular weight is 369 g/mol. The quantitative estimate of drug-likeness (QED) is 0.495. The summed E-state index contributed by atoms with van der Waals surface area (Å²) in [4.78, 5) is 9.80. The van der Waals surface area contributed by atoms with E-state index in [-0.39, 0.29) is 12.1 Å². The first-order valence-electron chi connectivity index (χ1n) is 10.4. The number of hydrogen-bond acceptors (Lipinski definition) is 5. The van der Waals surface area contributed by atoms with Crippen LogP contribution in [0.2, 0.25) is 0 Å². The van der Waals surface area contributed by atoms with Gasteiger partial charge in [-0.3, -0.25) is 0 Å². The summed E-state index contributed by atoms with van der Waals surface area (Å²) in [7, 11) is 0. The van der Waals surface area contributed by atoms with Gasteiger partial charge in [0.25, 0.3) is 0 Å². The fourth-order valence-electron chi connectivity index (χ4n) is 3.00. The van der Waals surface area contributed by atoms with Crippen LogP contribution in [0.25, 0.3) is 0 Å². The van der Waals surface area contributed by atoms with Crippen molar-refractivity contribution in [2.24, 2.45) is 27.7 Å². The van der Waals surface area contributed by atoms with E-state index in [0.717, 1.165) is 44.3 Å². The van der Waals surface area contributed by atoms with E-state index in [0.29, 0.717) is 31.0 Å². The van der Waals surface area contributed by atoms with Gasteiger partial charge in [-0.05, 0) is 44.4 Å². The van der Waals surface area contributed by atoms with Crippen LogP contribution in [0.1, 0.15) is 67.7 Å². The molecule has 0 fully saturated rings. The van der Waals surface area contributed by atoms with Crippen LogP contribution in [-0.4, -0.2) is 50.3 Å². The maximum Gasteiger partial charge on any atom is 0.210 e. The minimum Gasteiger partial charge on any atom is -0.480 e. The van der Waals surface area contributed by atoms with E-state index in [1.54, 1.807) is 0 Å². The van der Waals surface area contributed by atoms with Crippen LogP contribution < -0.4 is 0 Å². The van der Waals surface area contributed by atoms with Gasteiger partial charge in [-0.15, -0.1) is 0 Å². The summed E-state index contributed by atoms with van der Waals surface area (Å²) in [6, 6.07) is -0.125. The molecule has 0 saturated carbocycles. The van der Waals surface area contributed by atoms with Crippen LogP contribution in [0.4, 0.5) is 0 Å². The number of aliphatic imine (C=N–C) groups is 2. The first kappa shape index (κ1) is 22.9. The van der Waals surface area contributed by atoms with Crippen LogP contribution in [0, 0.1) is 17.8 Å². The monoisotopic (exact) mass is 368 g/mol.